The molecule has 2 heterocycles. The van der Waals surface area contributed by atoms with Crippen molar-refractivity contribution in [2.24, 2.45) is 0 Å². The molecule has 0 radical (unpaired) electrons. The first kappa shape index (κ1) is 20.2. The third-order valence-electron chi connectivity index (χ3n) is 4.43. The van der Waals surface area contributed by atoms with Gasteiger partial charge in [0.15, 0.2) is 0 Å². The molecule has 29 heavy (non-hydrogen) atoms. The van der Waals surface area contributed by atoms with Gasteiger partial charge in [0.1, 0.15) is 15.8 Å². The topological polar surface area (TPSA) is 33.5 Å². The van der Waals surface area contributed by atoms with Crippen molar-refractivity contribution in [2.75, 3.05) is 0 Å². The predicted octanol–water partition coefficient (Wildman–Crippen LogP) is 6.96. The Morgan fingerprint density at radius 3 is 2.59 bits per heavy atom. The first-order chi connectivity index (χ1) is 13.9. The summed E-state index contributed by atoms with van der Waals surface area (Å²) in [7, 11) is 0. The van der Waals surface area contributed by atoms with Gasteiger partial charge in [-0.1, -0.05) is 77.0 Å². The summed E-state index contributed by atoms with van der Waals surface area (Å²) < 4.78 is 6.41. The highest BCUT2D eigenvalue weighted by molar-refractivity contribution is 8.26. The van der Waals surface area contributed by atoms with Crippen molar-refractivity contribution in [1.29, 1.82) is 0 Å². The van der Waals surface area contributed by atoms with Crippen LogP contribution >= 0.6 is 47.2 Å². The Kier molecular flexibility index (Phi) is 5.83. The summed E-state index contributed by atoms with van der Waals surface area (Å²) >= 11 is 18.9. The summed E-state index contributed by atoms with van der Waals surface area (Å²) in [6.45, 7) is 2.48. The molecule has 0 unspecified atom stereocenters. The van der Waals surface area contributed by atoms with E-state index in [1.54, 1.807) is 35.2 Å². The number of carbonyl (C=O) groups excluding carboxylic acids is 1. The van der Waals surface area contributed by atoms with Gasteiger partial charge in [0.05, 0.1) is 16.5 Å². The Bertz CT molecular complexity index is 1140. The summed E-state index contributed by atoms with van der Waals surface area (Å²) in [6, 6.07) is 16.9. The maximum atomic E-state index is 12.8. The molecule has 1 saturated heterocycles. The molecule has 1 aliphatic rings. The number of nitrogens with zero attached hydrogens (tertiary/aromatic N) is 1. The van der Waals surface area contributed by atoms with Crippen molar-refractivity contribution in [3.63, 3.8) is 0 Å². The minimum absolute atomic E-state index is 0.122. The van der Waals surface area contributed by atoms with E-state index in [4.69, 9.17) is 39.8 Å². The number of furan rings is 1. The Balaban J connectivity index is 1.54. The normalized spacial score (nSPS) is 15.6. The molecule has 2 aromatic carbocycles. The first-order valence-corrected chi connectivity index (χ1v) is 10.7. The summed E-state index contributed by atoms with van der Waals surface area (Å²) in [6.07, 6.45) is 1.71. The van der Waals surface area contributed by atoms with E-state index in [9.17, 15) is 4.79 Å². The zero-order valence-corrected chi connectivity index (χ0v) is 18.5. The third kappa shape index (κ3) is 4.43. The monoisotopic (exact) mass is 459 g/mol. The predicted molar refractivity (Wildman–Crippen MR) is 124 cm³/mol. The molecule has 0 aliphatic carbocycles. The van der Waals surface area contributed by atoms with Gasteiger partial charge in [0, 0.05) is 16.7 Å². The van der Waals surface area contributed by atoms with Crippen LogP contribution in [-0.4, -0.2) is 15.1 Å². The zero-order valence-electron chi connectivity index (χ0n) is 15.3. The number of hydrogen-bond donors (Lipinski definition) is 0. The summed E-state index contributed by atoms with van der Waals surface area (Å²) in [4.78, 5) is 15.0. The molecule has 1 amide bonds. The molecule has 0 bridgehead atoms. The smallest absolute Gasteiger partial charge is 0.266 e. The molecule has 1 aromatic heterocycles. The van der Waals surface area contributed by atoms with E-state index in [1.165, 1.54) is 17.3 Å². The number of rotatable bonds is 4. The summed E-state index contributed by atoms with van der Waals surface area (Å²) in [5.74, 6) is 1.04. The van der Waals surface area contributed by atoms with Crippen LogP contribution in [0.25, 0.3) is 17.4 Å². The number of thioether (sulfide) groups is 1. The lowest BCUT2D eigenvalue weighted by Gasteiger charge is -2.14. The number of carbonyl (C=O) groups is 1. The average molecular weight is 460 g/mol. The molecule has 0 spiro atoms. The number of amides is 1. The quantitative estimate of drug-likeness (QED) is 0.311. The van der Waals surface area contributed by atoms with Gasteiger partial charge in [-0.2, -0.15) is 0 Å². The van der Waals surface area contributed by atoms with Crippen molar-refractivity contribution in [1.82, 2.24) is 4.90 Å². The fourth-order valence-corrected chi connectivity index (χ4v) is 4.64. The average Bonchev–Trinajstić information content (AvgIpc) is 3.24. The highest BCUT2D eigenvalue weighted by Gasteiger charge is 2.32. The van der Waals surface area contributed by atoms with Crippen LogP contribution in [0.5, 0.6) is 0 Å². The number of benzene rings is 2. The second-order valence-electron chi connectivity index (χ2n) is 6.58. The van der Waals surface area contributed by atoms with Crippen LogP contribution in [0.3, 0.4) is 0 Å². The second-order valence-corrected chi connectivity index (χ2v) is 9.10. The van der Waals surface area contributed by atoms with Crippen LogP contribution in [0, 0.1) is 6.92 Å². The Hall–Kier alpha value is -2.05. The molecule has 1 aliphatic heterocycles. The van der Waals surface area contributed by atoms with Crippen LogP contribution < -0.4 is 0 Å². The first-order valence-electron chi connectivity index (χ1n) is 8.77. The minimum Gasteiger partial charge on any atom is -0.457 e. The fourth-order valence-electron chi connectivity index (χ4n) is 2.91. The van der Waals surface area contributed by atoms with Crippen molar-refractivity contribution in [2.45, 2.75) is 13.5 Å². The van der Waals surface area contributed by atoms with Gasteiger partial charge in [-0.25, -0.2) is 0 Å². The van der Waals surface area contributed by atoms with E-state index in [1.807, 2.05) is 37.3 Å². The van der Waals surface area contributed by atoms with E-state index in [0.717, 1.165) is 11.1 Å². The van der Waals surface area contributed by atoms with Crippen molar-refractivity contribution < 1.29 is 9.21 Å². The highest BCUT2D eigenvalue weighted by Crippen LogP contribution is 2.36. The van der Waals surface area contributed by atoms with Gasteiger partial charge in [0.25, 0.3) is 5.91 Å². The molecule has 0 saturated carbocycles. The Morgan fingerprint density at radius 2 is 1.86 bits per heavy atom. The van der Waals surface area contributed by atoms with E-state index in [-0.39, 0.29) is 5.91 Å². The molecule has 3 nitrogen and oxygen atoms in total. The van der Waals surface area contributed by atoms with Gasteiger partial charge < -0.3 is 4.42 Å². The maximum Gasteiger partial charge on any atom is 0.266 e. The molecule has 3 aromatic rings. The van der Waals surface area contributed by atoms with Crippen LogP contribution in [0.4, 0.5) is 0 Å². The standard InChI is InChI=1S/C22H15Cl2NO2S2/c1-13-2-4-14(5-3-13)12-25-21(26)20(29-22(25)28)11-16-7-9-19(27-16)17-8-6-15(23)10-18(17)24/h2-11H,12H2,1H3/b20-11-. The van der Waals surface area contributed by atoms with Crippen LogP contribution in [0.2, 0.25) is 10.0 Å². The number of halogens is 2. The summed E-state index contributed by atoms with van der Waals surface area (Å²) in [5, 5.41) is 1.06. The molecule has 0 N–H and O–H groups in total. The number of aryl methyl sites for hydroxylation is 1. The molecule has 4 rings (SSSR count). The number of hydrogen-bond acceptors (Lipinski definition) is 4. The molecular formula is C22H15Cl2NO2S2. The number of thiocarbonyl (C=S) groups is 1. The SMILES string of the molecule is Cc1ccc(CN2C(=O)/C(=C/c3ccc(-c4ccc(Cl)cc4Cl)o3)SC2=S)cc1. The Morgan fingerprint density at radius 1 is 1.10 bits per heavy atom. The molecule has 146 valence electrons. The molecule has 0 atom stereocenters. The van der Waals surface area contributed by atoms with Gasteiger partial charge in [-0.05, 0) is 42.8 Å². The fraction of sp³-hybridized carbons (Fsp3) is 0.0909. The van der Waals surface area contributed by atoms with Crippen LogP contribution in [-0.2, 0) is 11.3 Å². The molecule has 7 heteroatoms. The maximum absolute atomic E-state index is 12.8. The molecular weight excluding hydrogens is 445 g/mol. The van der Waals surface area contributed by atoms with E-state index in [2.05, 4.69) is 0 Å². The van der Waals surface area contributed by atoms with Gasteiger partial charge in [-0.15, -0.1) is 0 Å². The lowest BCUT2D eigenvalue weighted by Crippen LogP contribution is -2.27. The van der Waals surface area contributed by atoms with Gasteiger partial charge in [-0.3, -0.25) is 9.69 Å². The second kappa shape index (κ2) is 8.36. The minimum atomic E-state index is -0.122. The summed E-state index contributed by atoms with van der Waals surface area (Å²) in [5.41, 5.74) is 2.95. The molecule has 1 fully saturated rings. The van der Waals surface area contributed by atoms with Gasteiger partial charge >= 0.3 is 0 Å². The lowest BCUT2D eigenvalue weighted by atomic mass is 10.1. The van der Waals surface area contributed by atoms with Gasteiger partial charge in [0.2, 0.25) is 0 Å². The van der Waals surface area contributed by atoms with Crippen molar-refractivity contribution in [3.8, 4) is 11.3 Å². The van der Waals surface area contributed by atoms with Crippen molar-refractivity contribution >= 4 is 63.5 Å². The van der Waals surface area contributed by atoms with E-state index < -0.39 is 0 Å². The highest BCUT2D eigenvalue weighted by atomic mass is 35.5. The third-order valence-corrected chi connectivity index (χ3v) is 6.36. The Labute approximate surface area is 188 Å². The lowest BCUT2D eigenvalue weighted by molar-refractivity contribution is -0.122. The van der Waals surface area contributed by atoms with Crippen LogP contribution in [0.15, 0.2) is 63.9 Å². The largest absolute Gasteiger partial charge is 0.457 e. The zero-order chi connectivity index (χ0) is 20.5. The van der Waals surface area contributed by atoms with E-state index >= 15 is 0 Å². The van der Waals surface area contributed by atoms with Crippen LogP contribution in [0.1, 0.15) is 16.9 Å². The van der Waals surface area contributed by atoms with E-state index in [0.29, 0.717) is 37.3 Å². The van der Waals surface area contributed by atoms with Crippen molar-refractivity contribution in [3.05, 3.63) is 86.4 Å².